The van der Waals surface area contributed by atoms with Crippen molar-refractivity contribution in [1.82, 2.24) is 10.3 Å². The summed E-state index contributed by atoms with van der Waals surface area (Å²) in [4.78, 5) is 26.5. The summed E-state index contributed by atoms with van der Waals surface area (Å²) < 4.78 is 18.8. The number of nitrogens with zero attached hydrogens (tertiary/aromatic N) is 1. The van der Waals surface area contributed by atoms with Crippen LogP contribution >= 0.6 is 0 Å². The molecule has 0 atom stereocenters. The Labute approximate surface area is 184 Å². The number of hydrogen-bond donors (Lipinski definition) is 2. The van der Waals surface area contributed by atoms with Crippen LogP contribution in [0.15, 0.2) is 66.9 Å². The van der Waals surface area contributed by atoms with Crippen molar-refractivity contribution in [3.63, 3.8) is 0 Å². The molecule has 0 radical (unpaired) electrons. The van der Waals surface area contributed by atoms with E-state index in [-0.39, 0.29) is 12.5 Å². The van der Waals surface area contributed by atoms with E-state index in [4.69, 9.17) is 9.84 Å². The lowest BCUT2D eigenvalue weighted by molar-refractivity contribution is 0.0690. The first-order chi connectivity index (χ1) is 15.5. The Morgan fingerprint density at radius 2 is 1.75 bits per heavy atom. The summed E-state index contributed by atoms with van der Waals surface area (Å²) in [5.41, 5.74) is 4.62. The minimum Gasteiger partial charge on any atom is -0.478 e. The second kappa shape index (κ2) is 9.43. The molecule has 2 N–H and O–H groups in total. The Bertz CT molecular complexity index is 1150. The molecule has 6 nitrogen and oxygen atoms in total. The molecule has 0 bridgehead atoms. The molecule has 162 valence electrons. The molecule has 0 aliphatic heterocycles. The number of carboxylic acid groups (broad SMARTS) is 1. The van der Waals surface area contributed by atoms with Crippen LogP contribution in [0.4, 0.5) is 9.18 Å². The van der Waals surface area contributed by atoms with Crippen molar-refractivity contribution in [3.05, 3.63) is 95.1 Å². The topological polar surface area (TPSA) is 88.5 Å². The van der Waals surface area contributed by atoms with Gasteiger partial charge in [-0.3, -0.25) is 0 Å². The molecule has 7 heteroatoms. The van der Waals surface area contributed by atoms with Gasteiger partial charge in [0.25, 0.3) is 0 Å². The molecule has 32 heavy (non-hydrogen) atoms. The van der Waals surface area contributed by atoms with Crippen LogP contribution in [0.1, 0.15) is 39.4 Å². The summed E-state index contributed by atoms with van der Waals surface area (Å²) in [7, 11) is 0. The van der Waals surface area contributed by atoms with Crippen molar-refractivity contribution < 1.29 is 23.8 Å². The van der Waals surface area contributed by atoms with Gasteiger partial charge in [0.2, 0.25) is 5.95 Å². The van der Waals surface area contributed by atoms with Crippen LogP contribution in [-0.2, 0) is 4.74 Å². The molecule has 0 unspecified atom stereocenters. The van der Waals surface area contributed by atoms with Crippen LogP contribution in [0.2, 0.25) is 0 Å². The number of ether oxygens (including phenoxy) is 1. The van der Waals surface area contributed by atoms with Crippen LogP contribution in [-0.4, -0.2) is 35.3 Å². The molecular formula is C25H21FN2O4. The third kappa shape index (κ3) is 4.51. The second-order valence-electron chi connectivity index (χ2n) is 7.36. The van der Waals surface area contributed by atoms with Gasteiger partial charge in [-0.2, -0.15) is 4.39 Å². The average molecular weight is 432 g/mol. The predicted octanol–water partition coefficient (Wildman–Crippen LogP) is 4.86. The molecule has 1 amide bonds. The van der Waals surface area contributed by atoms with Gasteiger partial charge in [0.05, 0.1) is 0 Å². The zero-order valence-corrected chi connectivity index (χ0v) is 17.1. The quantitative estimate of drug-likeness (QED) is 0.411. The minimum atomic E-state index is -1.37. The number of carbonyl (C=O) groups is 2. The van der Waals surface area contributed by atoms with Crippen LogP contribution in [0, 0.1) is 5.95 Å². The van der Waals surface area contributed by atoms with E-state index in [2.05, 4.69) is 34.6 Å². The predicted molar refractivity (Wildman–Crippen MR) is 118 cm³/mol. The lowest BCUT2D eigenvalue weighted by Crippen LogP contribution is -2.26. The highest BCUT2D eigenvalue weighted by atomic mass is 19.1. The summed E-state index contributed by atoms with van der Waals surface area (Å²) in [5.74, 6) is -2.39. The fourth-order valence-corrected chi connectivity index (χ4v) is 3.83. The number of nitrogens with one attached hydrogen (secondary N) is 1. The monoisotopic (exact) mass is 432 g/mol. The molecule has 0 spiro atoms. The van der Waals surface area contributed by atoms with Crippen molar-refractivity contribution in [2.75, 3.05) is 13.2 Å². The summed E-state index contributed by atoms with van der Waals surface area (Å²) in [6.45, 7) is 0.586. The number of rotatable bonds is 7. The third-order valence-electron chi connectivity index (χ3n) is 5.32. The number of amides is 1. The maximum atomic E-state index is 13.3. The Balaban J connectivity index is 1.27. The zero-order valence-electron chi connectivity index (χ0n) is 17.1. The first-order valence-corrected chi connectivity index (χ1v) is 10.2. The Morgan fingerprint density at radius 1 is 1.09 bits per heavy atom. The first kappa shape index (κ1) is 21.2. The third-order valence-corrected chi connectivity index (χ3v) is 5.32. The van der Waals surface area contributed by atoms with Crippen LogP contribution < -0.4 is 5.32 Å². The Morgan fingerprint density at radius 3 is 2.41 bits per heavy atom. The lowest BCUT2D eigenvalue weighted by Gasteiger charge is -2.14. The molecule has 0 saturated heterocycles. The van der Waals surface area contributed by atoms with Gasteiger partial charge < -0.3 is 15.2 Å². The Hall–Kier alpha value is -4.00. The number of fused-ring (bicyclic) bond motifs is 3. The molecule has 3 aromatic rings. The highest BCUT2D eigenvalue weighted by molar-refractivity contribution is 5.88. The largest absolute Gasteiger partial charge is 0.478 e. The number of carbonyl (C=O) groups excluding carboxylic acids is 1. The molecular weight excluding hydrogens is 411 g/mol. The van der Waals surface area contributed by atoms with E-state index < -0.39 is 23.6 Å². The molecule has 1 aliphatic rings. The van der Waals surface area contributed by atoms with Gasteiger partial charge in [0.15, 0.2) is 0 Å². The average Bonchev–Trinajstić information content (AvgIpc) is 3.12. The maximum absolute atomic E-state index is 13.3. The zero-order chi connectivity index (χ0) is 22.5. The summed E-state index contributed by atoms with van der Waals surface area (Å²) in [6.07, 6.45) is 4.60. The van der Waals surface area contributed by atoms with Gasteiger partial charge in [-0.1, -0.05) is 60.7 Å². The number of aromatic carboxylic acids is 1. The molecule has 0 saturated carbocycles. The summed E-state index contributed by atoms with van der Waals surface area (Å²) >= 11 is 0. The van der Waals surface area contributed by atoms with Crippen molar-refractivity contribution in [2.45, 2.75) is 12.3 Å². The molecule has 2 aromatic carbocycles. The van der Waals surface area contributed by atoms with E-state index in [0.29, 0.717) is 18.5 Å². The molecule has 4 rings (SSSR count). The van der Waals surface area contributed by atoms with Gasteiger partial charge in [-0.25, -0.2) is 14.6 Å². The molecule has 1 heterocycles. The highest BCUT2D eigenvalue weighted by Crippen LogP contribution is 2.44. The van der Waals surface area contributed by atoms with Gasteiger partial charge >= 0.3 is 12.1 Å². The van der Waals surface area contributed by atoms with E-state index in [1.807, 2.05) is 24.3 Å². The van der Waals surface area contributed by atoms with Crippen LogP contribution in [0.25, 0.3) is 17.2 Å². The van der Waals surface area contributed by atoms with E-state index >= 15 is 0 Å². The molecule has 1 aromatic heterocycles. The molecule has 1 aliphatic carbocycles. The van der Waals surface area contributed by atoms with Gasteiger partial charge in [-0.05, 0) is 40.3 Å². The number of hydrogen-bond acceptors (Lipinski definition) is 4. The second-order valence-corrected chi connectivity index (χ2v) is 7.36. The fourth-order valence-electron chi connectivity index (χ4n) is 3.83. The van der Waals surface area contributed by atoms with E-state index in [9.17, 15) is 14.0 Å². The summed E-state index contributed by atoms with van der Waals surface area (Å²) in [6, 6.07) is 17.5. The van der Waals surface area contributed by atoms with Gasteiger partial charge in [-0.15, -0.1) is 0 Å². The number of benzene rings is 2. The number of aromatic nitrogens is 1. The smallest absolute Gasteiger partial charge is 0.407 e. The normalized spacial score (nSPS) is 12.4. The van der Waals surface area contributed by atoms with Crippen molar-refractivity contribution >= 4 is 18.1 Å². The SMILES string of the molecule is O=C(NCCC=Cc1cnc(F)c(C(=O)O)c1)OCC1c2ccccc2-c2ccccc21. The fraction of sp³-hybridized carbons (Fsp3) is 0.160. The first-order valence-electron chi connectivity index (χ1n) is 10.2. The van der Waals surface area contributed by atoms with Crippen LogP contribution in [0.3, 0.4) is 0 Å². The van der Waals surface area contributed by atoms with E-state index in [1.54, 1.807) is 12.2 Å². The maximum Gasteiger partial charge on any atom is 0.407 e. The minimum absolute atomic E-state index is 0.00227. The number of carboxylic acids is 1. The Kier molecular flexibility index (Phi) is 6.26. The van der Waals surface area contributed by atoms with Crippen LogP contribution in [0.5, 0.6) is 0 Å². The number of alkyl carbamates (subject to hydrolysis) is 1. The van der Waals surface area contributed by atoms with E-state index in [0.717, 1.165) is 11.1 Å². The highest BCUT2D eigenvalue weighted by Gasteiger charge is 2.28. The number of halogens is 1. The molecule has 0 fully saturated rings. The van der Waals surface area contributed by atoms with Gasteiger partial charge in [0, 0.05) is 18.7 Å². The van der Waals surface area contributed by atoms with Crippen molar-refractivity contribution in [1.29, 1.82) is 0 Å². The summed E-state index contributed by atoms with van der Waals surface area (Å²) in [5, 5.41) is 11.6. The van der Waals surface area contributed by atoms with E-state index in [1.165, 1.54) is 23.4 Å². The van der Waals surface area contributed by atoms with Crippen molar-refractivity contribution in [3.8, 4) is 11.1 Å². The lowest BCUT2D eigenvalue weighted by atomic mass is 9.98. The van der Waals surface area contributed by atoms with Gasteiger partial charge in [0.1, 0.15) is 12.2 Å². The number of pyridine rings is 1. The van der Waals surface area contributed by atoms with Crippen molar-refractivity contribution in [2.24, 2.45) is 0 Å². The standard InChI is InChI=1S/C25H21FN2O4/c26-23-21(24(29)30)13-16(14-28-23)7-5-6-12-27-25(31)32-15-22-19-10-3-1-8-17(19)18-9-2-4-11-20(18)22/h1-5,7-11,13-14,22H,6,12,15H2,(H,27,31)(H,29,30).